The molecule has 25 heavy (non-hydrogen) atoms. The Morgan fingerprint density at radius 1 is 1.20 bits per heavy atom. The van der Waals surface area contributed by atoms with E-state index in [9.17, 15) is 14.7 Å². The predicted molar refractivity (Wildman–Crippen MR) is 93.9 cm³/mol. The van der Waals surface area contributed by atoms with E-state index in [1.54, 1.807) is 30.3 Å². The number of ether oxygens (including phenoxy) is 2. The lowest BCUT2D eigenvalue weighted by molar-refractivity contribution is -0.121. The van der Waals surface area contributed by atoms with Gasteiger partial charge in [-0.15, -0.1) is 6.58 Å². The third-order valence-corrected chi connectivity index (χ3v) is 3.43. The van der Waals surface area contributed by atoms with Crippen molar-refractivity contribution in [3.8, 4) is 11.5 Å². The summed E-state index contributed by atoms with van der Waals surface area (Å²) in [7, 11) is 1.45. The molecule has 0 fully saturated rings. The van der Waals surface area contributed by atoms with Crippen LogP contribution in [0.5, 0.6) is 11.5 Å². The monoisotopic (exact) mass is 341 g/mol. The first-order chi connectivity index (χ1) is 12.1. The van der Waals surface area contributed by atoms with Crippen LogP contribution >= 0.6 is 0 Å². The van der Waals surface area contributed by atoms with Crippen LogP contribution in [0, 0.1) is 0 Å². The van der Waals surface area contributed by atoms with Gasteiger partial charge in [-0.2, -0.15) is 0 Å². The second-order valence-electron chi connectivity index (χ2n) is 5.09. The summed E-state index contributed by atoms with van der Waals surface area (Å²) in [6.45, 7) is 3.47. The molecule has 2 aromatic carbocycles. The number of phenolic OH excluding ortho intramolecular Hbond substituents is 1. The molecule has 6 heteroatoms. The number of esters is 1. The van der Waals surface area contributed by atoms with Gasteiger partial charge in [-0.3, -0.25) is 4.79 Å². The van der Waals surface area contributed by atoms with E-state index < -0.39 is 18.5 Å². The number of para-hydroxylation sites is 1. The highest BCUT2D eigenvalue weighted by molar-refractivity contribution is 5.98. The highest BCUT2D eigenvalue weighted by Gasteiger charge is 2.19. The SMILES string of the molecule is C=CCN(C(=O)COC(=O)c1ccc(OC)cc1O)c1ccccc1. The molecular formula is C19H19NO5. The Morgan fingerprint density at radius 3 is 2.52 bits per heavy atom. The van der Waals surface area contributed by atoms with E-state index in [0.717, 1.165) is 0 Å². The van der Waals surface area contributed by atoms with Gasteiger partial charge < -0.3 is 19.5 Å². The molecule has 0 aliphatic rings. The van der Waals surface area contributed by atoms with Gasteiger partial charge in [-0.05, 0) is 24.3 Å². The summed E-state index contributed by atoms with van der Waals surface area (Å²) in [5.41, 5.74) is 0.638. The van der Waals surface area contributed by atoms with E-state index in [4.69, 9.17) is 9.47 Å². The van der Waals surface area contributed by atoms with Gasteiger partial charge in [0.05, 0.1) is 7.11 Å². The molecule has 1 amide bonds. The number of hydrogen-bond donors (Lipinski definition) is 1. The lowest BCUT2D eigenvalue weighted by Gasteiger charge is -2.21. The summed E-state index contributed by atoms with van der Waals surface area (Å²) in [5.74, 6) is -1.05. The average Bonchev–Trinajstić information content (AvgIpc) is 2.64. The Bertz CT molecular complexity index is 758. The second-order valence-corrected chi connectivity index (χ2v) is 5.09. The van der Waals surface area contributed by atoms with Crippen LogP contribution in [-0.4, -0.2) is 37.2 Å². The van der Waals surface area contributed by atoms with Crippen molar-refractivity contribution in [2.75, 3.05) is 25.2 Å². The minimum absolute atomic E-state index is 0.0384. The first-order valence-electron chi connectivity index (χ1n) is 7.57. The Kier molecular flexibility index (Phi) is 6.17. The number of hydrogen-bond acceptors (Lipinski definition) is 5. The topological polar surface area (TPSA) is 76.1 Å². The normalized spacial score (nSPS) is 9.96. The Balaban J connectivity index is 2.04. The first kappa shape index (κ1) is 18.1. The van der Waals surface area contributed by atoms with Crippen LogP contribution in [0.1, 0.15) is 10.4 Å². The van der Waals surface area contributed by atoms with E-state index in [2.05, 4.69) is 6.58 Å². The number of benzene rings is 2. The van der Waals surface area contributed by atoms with Gasteiger partial charge in [0.25, 0.3) is 5.91 Å². The molecule has 130 valence electrons. The van der Waals surface area contributed by atoms with Gasteiger partial charge in [0.15, 0.2) is 6.61 Å². The summed E-state index contributed by atoms with van der Waals surface area (Å²) in [6.07, 6.45) is 1.59. The summed E-state index contributed by atoms with van der Waals surface area (Å²) >= 11 is 0. The van der Waals surface area contributed by atoms with Crippen molar-refractivity contribution in [3.63, 3.8) is 0 Å². The molecule has 0 atom stereocenters. The number of rotatable bonds is 7. The molecule has 0 bridgehead atoms. The molecule has 0 radical (unpaired) electrons. The highest BCUT2D eigenvalue weighted by atomic mass is 16.5. The highest BCUT2D eigenvalue weighted by Crippen LogP contribution is 2.24. The smallest absolute Gasteiger partial charge is 0.342 e. The van der Waals surface area contributed by atoms with Gasteiger partial charge in [0.2, 0.25) is 0 Å². The van der Waals surface area contributed by atoms with Gasteiger partial charge in [-0.1, -0.05) is 24.3 Å². The summed E-state index contributed by atoms with van der Waals surface area (Å²) in [5, 5.41) is 9.84. The maximum Gasteiger partial charge on any atom is 0.342 e. The van der Waals surface area contributed by atoms with E-state index in [-0.39, 0.29) is 17.9 Å². The zero-order valence-electron chi connectivity index (χ0n) is 13.8. The quantitative estimate of drug-likeness (QED) is 0.619. The molecule has 1 N–H and O–H groups in total. The predicted octanol–water partition coefficient (Wildman–Crippen LogP) is 2.78. The minimum atomic E-state index is -0.792. The number of phenols is 1. The molecule has 0 spiro atoms. The lowest BCUT2D eigenvalue weighted by Crippen LogP contribution is -2.34. The largest absolute Gasteiger partial charge is 0.507 e. The standard InChI is InChI=1S/C19H19NO5/c1-3-11-20(14-7-5-4-6-8-14)18(22)13-25-19(23)16-10-9-15(24-2)12-17(16)21/h3-10,12,21H,1,11,13H2,2H3. The molecule has 0 aromatic heterocycles. The van der Waals surface area contributed by atoms with Crippen molar-refractivity contribution in [1.82, 2.24) is 0 Å². The third-order valence-electron chi connectivity index (χ3n) is 3.43. The minimum Gasteiger partial charge on any atom is -0.507 e. The fraction of sp³-hybridized carbons (Fsp3) is 0.158. The summed E-state index contributed by atoms with van der Waals surface area (Å²) < 4.78 is 9.98. The van der Waals surface area contributed by atoms with E-state index >= 15 is 0 Å². The molecular weight excluding hydrogens is 322 g/mol. The van der Waals surface area contributed by atoms with Crippen molar-refractivity contribution in [3.05, 3.63) is 66.7 Å². The van der Waals surface area contributed by atoms with Crippen molar-refractivity contribution in [2.24, 2.45) is 0 Å². The van der Waals surface area contributed by atoms with E-state index in [1.807, 2.05) is 6.07 Å². The van der Waals surface area contributed by atoms with Crippen LogP contribution in [0.2, 0.25) is 0 Å². The van der Waals surface area contributed by atoms with Crippen molar-refractivity contribution >= 4 is 17.6 Å². The molecule has 0 aliphatic carbocycles. The van der Waals surface area contributed by atoms with Gasteiger partial charge in [0.1, 0.15) is 17.1 Å². The van der Waals surface area contributed by atoms with Crippen molar-refractivity contribution < 1.29 is 24.2 Å². The average molecular weight is 341 g/mol. The molecule has 0 aliphatic heterocycles. The molecule has 2 rings (SSSR count). The van der Waals surface area contributed by atoms with Crippen LogP contribution in [0.25, 0.3) is 0 Å². The number of anilines is 1. The fourth-order valence-electron chi connectivity index (χ4n) is 2.18. The zero-order valence-corrected chi connectivity index (χ0v) is 13.8. The number of carbonyl (C=O) groups excluding carboxylic acids is 2. The van der Waals surface area contributed by atoms with Crippen molar-refractivity contribution in [1.29, 1.82) is 0 Å². The number of amides is 1. The van der Waals surface area contributed by atoms with Gasteiger partial charge >= 0.3 is 5.97 Å². The lowest BCUT2D eigenvalue weighted by atomic mass is 10.2. The number of nitrogens with zero attached hydrogens (tertiary/aromatic N) is 1. The Labute approximate surface area is 145 Å². The molecule has 0 saturated heterocycles. The van der Waals surface area contributed by atoms with Crippen molar-refractivity contribution in [2.45, 2.75) is 0 Å². The molecule has 0 saturated carbocycles. The van der Waals surface area contributed by atoms with Gasteiger partial charge in [0, 0.05) is 18.3 Å². The zero-order chi connectivity index (χ0) is 18.2. The van der Waals surface area contributed by atoms with Gasteiger partial charge in [-0.25, -0.2) is 4.79 Å². The number of methoxy groups -OCH3 is 1. The summed E-state index contributed by atoms with van der Waals surface area (Å²) in [6, 6.07) is 13.2. The Morgan fingerprint density at radius 2 is 1.92 bits per heavy atom. The Hall–Kier alpha value is -3.28. The van der Waals surface area contributed by atoms with E-state index in [0.29, 0.717) is 11.4 Å². The number of aromatic hydroxyl groups is 1. The maximum absolute atomic E-state index is 12.4. The van der Waals surface area contributed by atoms with Crippen LogP contribution in [0.15, 0.2) is 61.2 Å². The van der Waals surface area contributed by atoms with Crippen LogP contribution in [-0.2, 0) is 9.53 Å². The van der Waals surface area contributed by atoms with Crippen LogP contribution < -0.4 is 9.64 Å². The molecule has 2 aromatic rings. The third kappa shape index (κ3) is 4.60. The molecule has 6 nitrogen and oxygen atoms in total. The number of carbonyl (C=O) groups is 2. The first-order valence-corrected chi connectivity index (χ1v) is 7.57. The second kappa shape index (κ2) is 8.54. The van der Waals surface area contributed by atoms with E-state index in [1.165, 1.54) is 30.2 Å². The molecule has 0 heterocycles. The van der Waals surface area contributed by atoms with Crippen LogP contribution in [0.3, 0.4) is 0 Å². The van der Waals surface area contributed by atoms with Crippen LogP contribution in [0.4, 0.5) is 5.69 Å². The maximum atomic E-state index is 12.4. The molecule has 0 unspecified atom stereocenters. The fourth-order valence-corrected chi connectivity index (χ4v) is 2.18. The summed E-state index contributed by atoms with van der Waals surface area (Å²) in [4.78, 5) is 25.9.